The van der Waals surface area contributed by atoms with Gasteiger partial charge in [0.1, 0.15) is 23.2 Å². The van der Waals surface area contributed by atoms with E-state index in [-0.39, 0.29) is 29.9 Å². The van der Waals surface area contributed by atoms with Gasteiger partial charge >= 0.3 is 12.1 Å². The van der Waals surface area contributed by atoms with Crippen molar-refractivity contribution in [1.82, 2.24) is 10.2 Å². The number of benzene rings is 2. The Morgan fingerprint density at radius 2 is 1.77 bits per heavy atom. The monoisotopic (exact) mass is 611 g/mol. The number of esters is 1. The summed E-state index contributed by atoms with van der Waals surface area (Å²) in [7, 11) is 4.76. The second-order valence-electron chi connectivity index (χ2n) is 11.9. The molecule has 0 bridgehead atoms. The number of anilines is 1. The van der Waals surface area contributed by atoms with E-state index >= 15 is 0 Å². The second-order valence-corrected chi connectivity index (χ2v) is 11.9. The number of hydrogen-bond acceptors (Lipinski definition) is 8. The molecule has 0 spiro atoms. The standard InChI is InChI=1S/C21H24N2O4.C13H25NO3/c1-23-12-11-16(14-7-5-4-6-8-14)19(23)20(24)22-15-9-10-17(21(25)27-3)18(13-15)26-2;1-5-11(10-15)8-6-7-9-14-12(16)17-13(2,3)4/h4-10,13,16,19H,11-12H2,1-3H3,(H,22,24);10-11H,5-9H2,1-4H3,(H,14,16)/t16-,19-;/m0./s1. The fourth-order valence-electron chi connectivity index (χ4n) is 5.05. The van der Waals surface area contributed by atoms with E-state index < -0.39 is 11.6 Å². The van der Waals surface area contributed by atoms with E-state index in [2.05, 4.69) is 27.7 Å². The Morgan fingerprint density at radius 1 is 1.07 bits per heavy atom. The first-order chi connectivity index (χ1) is 20.9. The van der Waals surface area contributed by atoms with Crippen molar-refractivity contribution in [1.29, 1.82) is 0 Å². The number of unbranched alkanes of at least 4 members (excludes halogenated alkanes) is 1. The van der Waals surface area contributed by atoms with Gasteiger partial charge in [0.15, 0.2) is 0 Å². The Kier molecular flexibility index (Phi) is 14.9. The number of likely N-dealkylation sites (tertiary alicyclic amines) is 1. The number of hydrogen-bond donors (Lipinski definition) is 2. The molecule has 1 fully saturated rings. The molecule has 0 saturated carbocycles. The van der Waals surface area contributed by atoms with Crippen LogP contribution in [0, 0.1) is 5.92 Å². The third kappa shape index (κ3) is 11.6. The number of amides is 2. The molecule has 1 saturated heterocycles. The highest BCUT2D eigenvalue weighted by atomic mass is 16.6. The van der Waals surface area contributed by atoms with Crippen molar-refractivity contribution in [3.05, 3.63) is 59.7 Å². The number of carbonyl (C=O) groups is 4. The molecule has 1 heterocycles. The summed E-state index contributed by atoms with van der Waals surface area (Å²) in [5.41, 5.74) is 1.62. The molecule has 10 heteroatoms. The summed E-state index contributed by atoms with van der Waals surface area (Å²) in [6.07, 6.45) is 5.19. The number of nitrogens with one attached hydrogen (secondary N) is 2. The fourth-order valence-corrected chi connectivity index (χ4v) is 5.05. The maximum absolute atomic E-state index is 13.0. The lowest BCUT2D eigenvalue weighted by Gasteiger charge is -2.24. The van der Waals surface area contributed by atoms with Crippen LogP contribution in [0.1, 0.15) is 81.6 Å². The van der Waals surface area contributed by atoms with Gasteiger partial charge in [-0.15, -0.1) is 0 Å². The van der Waals surface area contributed by atoms with Crippen molar-refractivity contribution < 1.29 is 33.4 Å². The molecular weight excluding hydrogens is 562 g/mol. The molecule has 1 aliphatic heterocycles. The average Bonchev–Trinajstić information content (AvgIpc) is 3.39. The van der Waals surface area contributed by atoms with Crippen LogP contribution in [0.5, 0.6) is 5.75 Å². The summed E-state index contributed by atoms with van der Waals surface area (Å²) in [6, 6.07) is 14.8. The van der Waals surface area contributed by atoms with Crippen LogP contribution in [0.3, 0.4) is 0 Å². The zero-order valence-electron chi connectivity index (χ0n) is 27.2. The van der Waals surface area contributed by atoms with Gasteiger partial charge in [-0.1, -0.05) is 43.7 Å². The Hall–Kier alpha value is -3.92. The number of aldehydes is 1. The van der Waals surface area contributed by atoms with Crippen LogP contribution in [0.2, 0.25) is 0 Å². The molecule has 2 aromatic carbocycles. The lowest BCUT2D eigenvalue weighted by molar-refractivity contribution is -0.120. The lowest BCUT2D eigenvalue weighted by atomic mass is 9.91. The van der Waals surface area contributed by atoms with Crippen LogP contribution in [0.4, 0.5) is 10.5 Å². The van der Waals surface area contributed by atoms with Gasteiger partial charge in [0.25, 0.3) is 0 Å². The number of likely N-dealkylation sites (N-methyl/N-ethyl adjacent to an activating group) is 1. The number of rotatable bonds is 12. The highest BCUT2D eigenvalue weighted by Crippen LogP contribution is 2.33. The maximum Gasteiger partial charge on any atom is 0.407 e. The molecule has 3 atom stereocenters. The van der Waals surface area contributed by atoms with Crippen molar-refractivity contribution in [2.75, 3.05) is 39.7 Å². The molecule has 10 nitrogen and oxygen atoms in total. The third-order valence-corrected chi connectivity index (χ3v) is 7.41. The Morgan fingerprint density at radius 3 is 2.36 bits per heavy atom. The van der Waals surface area contributed by atoms with Crippen molar-refractivity contribution in [3.63, 3.8) is 0 Å². The van der Waals surface area contributed by atoms with Crippen LogP contribution in [-0.4, -0.2) is 75.2 Å². The minimum atomic E-state index is -0.482. The van der Waals surface area contributed by atoms with E-state index in [1.54, 1.807) is 18.2 Å². The minimum absolute atomic E-state index is 0.0725. The zero-order chi connectivity index (χ0) is 32.7. The first kappa shape index (κ1) is 36.3. The van der Waals surface area contributed by atoms with Crippen LogP contribution in [0.25, 0.3) is 0 Å². The summed E-state index contributed by atoms with van der Waals surface area (Å²) in [5.74, 6) is 0.115. The third-order valence-electron chi connectivity index (χ3n) is 7.41. The topological polar surface area (TPSA) is 123 Å². The van der Waals surface area contributed by atoms with Gasteiger partial charge in [-0.05, 0) is 77.7 Å². The summed E-state index contributed by atoms with van der Waals surface area (Å²) in [5, 5.41) is 5.66. The van der Waals surface area contributed by atoms with Gasteiger partial charge in [0.05, 0.1) is 20.3 Å². The predicted molar refractivity (Wildman–Crippen MR) is 171 cm³/mol. The minimum Gasteiger partial charge on any atom is -0.496 e. The van der Waals surface area contributed by atoms with Crippen molar-refractivity contribution in [3.8, 4) is 5.75 Å². The Bertz CT molecular complexity index is 1210. The van der Waals surface area contributed by atoms with Gasteiger partial charge in [0, 0.05) is 30.1 Å². The number of alkyl carbamates (subject to hydrolysis) is 1. The first-order valence-electron chi connectivity index (χ1n) is 15.2. The van der Waals surface area contributed by atoms with Gasteiger partial charge in [-0.2, -0.15) is 0 Å². The summed E-state index contributed by atoms with van der Waals surface area (Å²) >= 11 is 0. The molecule has 1 unspecified atom stereocenters. The summed E-state index contributed by atoms with van der Waals surface area (Å²) in [6.45, 7) is 8.98. The number of nitrogens with zero attached hydrogens (tertiary/aromatic N) is 1. The molecular formula is C34H49N3O7. The van der Waals surface area contributed by atoms with E-state index in [4.69, 9.17) is 14.2 Å². The van der Waals surface area contributed by atoms with Crippen LogP contribution < -0.4 is 15.4 Å². The quantitative estimate of drug-likeness (QED) is 0.175. The van der Waals surface area contributed by atoms with Gasteiger partial charge < -0.3 is 29.6 Å². The number of ether oxygens (including phenoxy) is 3. The van der Waals surface area contributed by atoms with Crippen LogP contribution >= 0.6 is 0 Å². The highest BCUT2D eigenvalue weighted by Gasteiger charge is 2.38. The molecule has 2 amide bonds. The first-order valence-corrected chi connectivity index (χ1v) is 15.2. The smallest absolute Gasteiger partial charge is 0.407 e. The second kappa shape index (κ2) is 18.0. The molecule has 1 aliphatic rings. The normalized spacial score (nSPS) is 17.0. The molecule has 44 heavy (non-hydrogen) atoms. The van der Waals surface area contributed by atoms with Crippen molar-refractivity contribution in [2.45, 2.75) is 77.4 Å². The van der Waals surface area contributed by atoms with E-state index in [1.807, 2.05) is 52.9 Å². The van der Waals surface area contributed by atoms with E-state index in [0.717, 1.165) is 44.9 Å². The van der Waals surface area contributed by atoms with Crippen molar-refractivity contribution in [2.24, 2.45) is 5.92 Å². The zero-order valence-corrected chi connectivity index (χ0v) is 27.2. The average molecular weight is 612 g/mol. The van der Waals surface area contributed by atoms with Gasteiger partial charge in [-0.25, -0.2) is 9.59 Å². The molecule has 0 aromatic heterocycles. The fraction of sp³-hybridized carbons (Fsp3) is 0.529. The number of methoxy groups -OCH3 is 2. The lowest BCUT2D eigenvalue weighted by Crippen LogP contribution is -2.40. The molecule has 0 radical (unpaired) electrons. The van der Waals surface area contributed by atoms with Gasteiger partial charge in [0.2, 0.25) is 5.91 Å². The Balaban J connectivity index is 0.000000345. The summed E-state index contributed by atoms with van der Waals surface area (Å²) < 4.78 is 15.1. The van der Waals surface area contributed by atoms with E-state index in [9.17, 15) is 19.2 Å². The molecule has 0 aliphatic carbocycles. The van der Waals surface area contributed by atoms with Gasteiger partial charge in [-0.3, -0.25) is 9.69 Å². The summed E-state index contributed by atoms with van der Waals surface area (Å²) in [4.78, 5) is 48.7. The van der Waals surface area contributed by atoms with Crippen LogP contribution in [-0.2, 0) is 19.1 Å². The maximum atomic E-state index is 13.0. The highest BCUT2D eigenvalue weighted by molar-refractivity contribution is 5.98. The van der Waals surface area contributed by atoms with E-state index in [1.165, 1.54) is 19.8 Å². The number of carbonyl (C=O) groups excluding carboxylic acids is 4. The van der Waals surface area contributed by atoms with Crippen molar-refractivity contribution >= 4 is 29.9 Å². The molecule has 2 aromatic rings. The van der Waals surface area contributed by atoms with Crippen LogP contribution in [0.15, 0.2) is 48.5 Å². The molecule has 2 N–H and O–H groups in total. The SMILES string of the molecule is CCC(C=O)CCCCNC(=O)OC(C)(C)C.COC(=O)c1ccc(NC(=O)[C@@H]2[C@H](c3ccccc3)CCN2C)cc1OC. The molecule has 3 rings (SSSR count). The van der Waals surface area contributed by atoms with E-state index in [0.29, 0.717) is 23.5 Å². The predicted octanol–water partition coefficient (Wildman–Crippen LogP) is 5.81. The Labute approximate surface area is 261 Å². The molecule has 242 valence electrons. The largest absolute Gasteiger partial charge is 0.496 e.